The number of nitrogens with zero attached hydrogens (tertiary/aromatic N) is 1. The quantitative estimate of drug-likeness (QED) is 0.876. The Morgan fingerprint density at radius 2 is 1.72 bits per heavy atom. The molecule has 1 aliphatic heterocycles. The maximum Gasteiger partial charge on any atom is 0.165 e. The molecule has 0 fully saturated rings. The molecule has 0 bridgehead atoms. The van der Waals surface area contributed by atoms with Crippen LogP contribution in [0.4, 0.5) is 4.39 Å². The van der Waals surface area contributed by atoms with Crippen LogP contribution in [0.2, 0.25) is 0 Å². The van der Waals surface area contributed by atoms with Gasteiger partial charge in [0.25, 0.3) is 0 Å². The van der Waals surface area contributed by atoms with Gasteiger partial charge < -0.3 is 5.11 Å². The molecule has 0 saturated carbocycles. The molecular weight excluding hydrogens is 229 g/mol. The molecule has 0 atom stereocenters. The summed E-state index contributed by atoms with van der Waals surface area (Å²) in [6.45, 7) is 2.50. The highest BCUT2D eigenvalue weighted by atomic mass is 19.1. The van der Waals surface area contributed by atoms with Crippen LogP contribution in [0, 0.1) is 5.82 Å². The second-order valence-corrected chi connectivity index (χ2v) is 4.70. The zero-order valence-corrected chi connectivity index (χ0v) is 9.94. The molecule has 2 aromatic carbocycles. The first-order chi connectivity index (χ1) is 8.72. The van der Waals surface area contributed by atoms with Crippen LogP contribution in [-0.4, -0.2) is 10.0 Å². The minimum Gasteiger partial charge on any atom is -0.505 e. The molecule has 92 valence electrons. The van der Waals surface area contributed by atoms with Crippen LogP contribution in [0.1, 0.15) is 16.7 Å². The normalized spacial score (nSPS) is 14.7. The van der Waals surface area contributed by atoms with E-state index in [2.05, 4.69) is 17.0 Å². The van der Waals surface area contributed by atoms with Crippen molar-refractivity contribution in [2.75, 3.05) is 0 Å². The van der Waals surface area contributed by atoms with Crippen LogP contribution in [0.5, 0.6) is 5.75 Å². The average molecular weight is 243 g/mol. The number of rotatable bonds is 2. The Balaban J connectivity index is 1.74. The van der Waals surface area contributed by atoms with Crippen molar-refractivity contribution < 1.29 is 9.50 Å². The van der Waals surface area contributed by atoms with Crippen LogP contribution in [0.25, 0.3) is 0 Å². The van der Waals surface area contributed by atoms with E-state index in [1.54, 1.807) is 6.07 Å². The molecule has 0 saturated heterocycles. The second-order valence-electron chi connectivity index (χ2n) is 4.70. The Labute approximate surface area is 105 Å². The van der Waals surface area contributed by atoms with Gasteiger partial charge in [-0.1, -0.05) is 30.3 Å². The fourth-order valence-electron chi connectivity index (χ4n) is 2.42. The van der Waals surface area contributed by atoms with Gasteiger partial charge in [0.15, 0.2) is 11.6 Å². The van der Waals surface area contributed by atoms with E-state index in [0.29, 0.717) is 6.54 Å². The Kier molecular flexibility index (Phi) is 2.76. The number of hydrogen-bond donors (Lipinski definition) is 1. The molecule has 0 radical (unpaired) electrons. The summed E-state index contributed by atoms with van der Waals surface area (Å²) in [7, 11) is 0. The fraction of sp³-hybridized carbons (Fsp3) is 0.200. The molecule has 0 aromatic heterocycles. The zero-order chi connectivity index (χ0) is 12.5. The molecule has 0 amide bonds. The van der Waals surface area contributed by atoms with Gasteiger partial charge in [-0.25, -0.2) is 4.39 Å². The van der Waals surface area contributed by atoms with Gasteiger partial charge in [-0.15, -0.1) is 0 Å². The van der Waals surface area contributed by atoms with Crippen LogP contribution in [0.3, 0.4) is 0 Å². The van der Waals surface area contributed by atoms with Gasteiger partial charge >= 0.3 is 0 Å². The summed E-state index contributed by atoms with van der Waals surface area (Å²) < 4.78 is 13.2. The van der Waals surface area contributed by atoms with Crippen molar-refractivity contribution in [1.82, 2.24) is 4.90 Å². The summed E-state index contributed by atoms with van der Waals surface area (Å²) in [6.07, 6.45) is 0. The molecular formula is C15H14FNO. The number of phenolic OH excluding ortho intramolecular Hbond substituents is 1. The van der Waals surface area contributed by atoms with Crippen LogP contribution < -0.4 is 0 Å². The van der Waals surface area contributed by atoms with E-state index in [4.69, 9.17) is 5.11 Å². The van der Waals surface area contributed by atoms with Gasteiger partial charge in [-0.3, -0.25) is 4.90 Å². The lowest BCUT2D eigenvalue weighted by Gasteiger charge is -2.14. The molecule has 0 unspecified atom stereocenters. The predicted molar refractivity (Wildman–Crippen MR) is 67.5 cm³/mol. The van der Waals surface area contributed by atoms with E-state index in [1.807, 2.05) is 12.1 Å². The first-order valence-corrected chi connectivity index (χ1v) is 5.99. The molecule has 18 heavy (non-hydrogen) atoms. The molecule has 2 nitrogen and oxygen atoms in total. The number of aromatic hydroxyl groups is 1. The highest BCUT2D eigenvalue weighted by molar-refractivity contribution is 5.32. The predicted octanol–water partition coefficient (Wildman–Crippen LogP) is 3.05. The van der Waals surface area contributed by atoms with Crippen LogP contribution in [0.15, 0.2) is 42.5 Å². The molecule has 3 heteroatoms. The summed E-state index contributed by atoms with van der Waals surface area (Å²) in [4.78, 5) is 2.26. The summed E-state index contributed by atoms with van der Waals surface area (Å²) in [5, 5.41) is 9.16. The maximum absolute atomic E-state index is 13.2. The van der Waals surface area contributed by atoms with E-state index in [9.17, 15) is 4.39 Å². The molecule has 1 heterocycles. The first-order valence-electron chi connectivity index (χ1n) is 5.99. The number of hydrogen-bond acceptors (Lipinski definition) is 2. The molecule has 0 spiro atoms. The van der Waals surface area contributed by atoms with Crippen molar-refractivity contribution in [2.24, 2.45) is 0 Å². The largest absolute Gasteiger partial charge is 0.505 e. The lowest BCUT2D eigenvalue weighted by Crippen LogP contribution is -2.15. The van der Waals surface area contributed by atoms with Gasteiger partial charge in [-0.2, -0.15) is 0 Å². The maximum atomic E-state index is 13.2. The van der Waals surface area contributed by atoms with E-state index in [1.165, 1.54) is 23.3 Å². The van der Waals surface area contributed by atoms with E-state index in [0.717, 1.165) is 18.7 Å². The van der Waals surface area contributed by atoms with Crippen molar-refractivity contribution >= 4 is 0 Å². The van der Waals surface area contributed by atoms with Crippen molar-refractivity contribution in [2.45, 2.75) is 19.6 Å². The average Bonchev–Trinajstić information content (AvgIpc) is 2.76. The number of fused-ring (bicyclic) bond motifs is 1. The van der Waals surface area contributed by atoms with E-state index in [-0.39, 0.29) is 5.75 Å². The summed E-state index contributed by atoms with van der Waals surface area (Å²) in [5.41, 5.74) is 3.58. The number of halogens is 1. The van der Waals surface area contributed by atoms with Gasteiger partial charge in [0, 0.05) is 19.6 Å². The SMILES string of the molecule is Oc1ccc(CN2Cc3ccccc3C2)cc1F. The topological polar surface area (TPSA) is 23.5 Å². The lowest BCUT2D eigenvalue weighted by molar-refractivity contribution is 0.275. The summed E-state index contributed by atoms with van der Waals surface area (Å²) in [5.74, 6) is -0.840. The Hall–Kier alpha value is -1.87. The molecule has 3 rings (SSSR count). The monoisotopic (exact) mass is 243 g/mol. The molecule has 1 N–H and O–H groups in total. The number of phenols is 1. The summed E-state index contributed by atoms with van der Waals surface area (Å²) in [6, 6.07) is 12.9. The number of benzene rings is 2. The minimum atomic E-state index is -0.552. The van der Waals surface area contributed by atoms with Gasteiger partial charge in [0.1, 0.15) is 0 Å². The highest BCUT2D eigenvalue weighted by Gasteiger charge is 2.18. The minimum absolute atomic E-state index is 0.288. The van der Waals surface area contributed by atoms with Gasteiger partial charge in [0.05, 0.1) is 0 Å². The first kappa shape index (κ1) is 11.2. The Bertz CT molecular complexity index is 557. The smallest absolute Gasteiger partial charge is 0.165 e. The van der Waals surface area contributed by atoms with Gasteiger partial charge in [0.2, 0.25) is 0 Å². The molecule has 0 aliphatic carbocycles. The van der Waals surface area contributed by atoms with E-state index < -0.39 is 5.82 Å². The second kappa shape index (κ2) is 4.42. The third-order valence-corrected chi connectivity index (χ3v) is 3.32. The third-order valence-electron chi connectivity index (χ3n) is 3.32. The fourth-order valence-corrected chi connectivity index (χ4v) is 2.42. The third kappa shape index (κ3) is 2.09. The van der Waals surface area contributed by atoms with Crippen molar-refractivity contribution in [3.63, 3.8) is 0 Å². The van der Waals surface area contributed by atoms with Crippen LogP contribution in [-0.2, 0) is 19.6 Å². The lowest BCUT2D eigenvalue weighted by atomic mass is 10.1. The Morgan fingerprint density at radius 1 is 1.06 bits per heavy atom. The highest BCUT2D eigenvalue weighted by Crippen LogP contribution is 2.25. The summed E-state index contributed by atoms with van der Waals surface area (Å²) >= 11 is 0. The van der Waals surface area contributed by atoms with Crippen molar-refractivity contribution in [3.05, 3.63) is 65.0 Å². The van der Waals surface area contributed by atoms with Crippen LogP contribution >= 0.6 is 0 Å². The van der Waals surface area contributed by atoms with Gasteiger partial charge in [-0.05, 0) is 28.8 Å². The van der Waals surface area contributed by atoms with E-state index >= 15 is 0 Å². The zero-order valence-electron chi connectivity index (χ0n) is 9.94. The standard InChI is InChI=1S/C15H14FNO/c16-14-7-11(5-6-15(14)18)8-17-9-12-3-1-2-4-13(12)10-17/h1-7,18H,8-10H2. The molecule has 2 aromatic rings. The van der Waals surface area contributed by atoms with Crippen molar-refractivity contribution in [3.8, 4) is 5.75 Å². The van der Waals surface area contributed by atoms with Crippen molar-refractivity contribution in [1.29, 1.82) is 0 Å². The Morgan fingerprint density at radius 3 is 2.33 bits per heavy atom. The molecule has 1 aliphatic rings.